The molecule has 0 amide bonds. The maximum atomic E-state index is 2.73. The van der Waals surface area contributed by atoms with Crippen LogP contribution in [-0.2, 0) is 6.54 Å². The predicted molar refractivity (Wildman–Crippen MR) is 107 cm³/mol. The van der Waals surface area contributed by atoms with Crippen LogP contribution < -0.4 is 4.90 Å². The molecule has 2 heteroatoms. The summed E-state index contributed by atoms with van der Waals surface area (Å²) in [6.45, 7) is 1.08. The normalized spacial score (nSPS) is 23.2. The first kappa shape index (κ1) is 16.4. The zero-order chi connectivity index (χ0) is 17.2. The van der Waals surface area contributed by atoms with E-state index >= 15 is 0 Å². The molecule has 2 aromatic rings. The van der Waals surface area contributed by atoms with Gasteiger partial charge in [-0.3, -0.25) is 4.90 Å². The molecule has 4 rings (SSSR count). The van der Waals surface area contributed by atoms with Gasteiger partial charge in [0.2, 0.25) is 0 Å². The van der Waals surface area contributed by atoms with Gasteiger partial charge in [-0.1, -0.05) is 55.0 Å². The van der Waals surface area contributed by atoms with Crippen molar-refractivity contribution < 1.29 is 0 Å². The lowest BCUT2D eigenvalue weighted by atomic mass is 9.82. The molecule has 0 spiro atoms. The van der Waals surface area contributed by atoms with E-state index in [1.807, 2.05) is 0 Å². The fraction of sp³-hybridized carbons (Fsp3) is 0.391. The van der Waals surface area contributed by atoms with Crippen LogP contribution in [0.1, 0.15) is 36.8 Å². The maximum absolute atomic E-state index is 2.73. The zero-order valence-electron chi connectivity index (χ0n) is 15.4. The van der Waals surface area contributed by atoms with Gasteiger partial charge in [-0.15, -0.1) is 0 Å². The molecule has 2 nitrogen and oxygen atoms in total. The van der Waals surface area contributed by atoms with Crippen molar-refractivity contribution >= 4 is 11.3 Å². The van der Waals surface area contributed by atoms with Crippen LogP contribution in [0, 0.1) is 0 Å². The average molecular weight is 332 g/mol. The van der Waals surface area contributed by atoms with Gasteiger partial charge in [0.1, 0.15) is 0 Å². The summed E-state index contributed by atoms with van der Waals surface area (Å²) in [5.74, 6) is 0. The summed E-state index contributed by atoms with van der Waals surface area (Å²) in [7, 11) is 4.23. The lowest BCUT2D eigenvalue weighted by Gasteiger charge is -2.45. The molecular weight excluding hydrogens is 304 g/mol. The summed E-state index contributed by atoms with van der Waals surface area (Å²) in [5.41, 5.74) is 5.67. The molecule has 2 unspecified atom stereocenters. The molecule has 0 aliphatic carbocycles. The zero-order valence-corrected chi connectivity index (χ0v) is 15.4. The minimum absolute atomic E-state index is 0.589. The highest BCUT2D eigenvalue weighted by molar-refractivity contribution is 5.70. The number of anilines is 1. The van der Waals surface area contributed by atoms with Crippen LogP contribution in [-0.4, -0.2) is 31.1 Å². The Hall–Kier alpha value is -2.06. The molecule has 2 aromatic carbocycles. The number of benzene rings is 2. The first-order chi connectivity index (χ1) is 12.2. The van der Waals surface area contributed by atoms with E-state index in [-0.39, 0.29) is 0 Å². The summed E-state index contributed by atoms with van der Waals surface area (Å²) in [5, 5.41) is 0. The molecular formula is C23H28N2. The van der Waals surface area contributed by atoms with Gasteiger partial charge in [-0.2, -0.15) is 0 Å². The molecule has 0 aromatic heterocycles. The second-order valence-corrected chi connectivity index (χ2v) is 7.65. The molecule has 0 radical (unpaired) electrons. The SMILES string of the molecule is CN(C)c1cccc(C2=CC3CCCC(C2)N3Cc2ccccc2)c1. The number of rotatable bonds is 4. The number of piperidine rings is 1. The second kappa shape index (κ2) is 7.05. The highest BCUT2D eigenvalue weighted by Crippen LogP contribution is 2.38. The van der Waals surface area contributed by atoms with Gasteiger partial charge in [0, 0.05) is 38.4 Å². The van der Waals surface area contributed by atoms with Crippen LogP contribution >= 0.6 is 0 Å². The Morgan fingerprint density at radius 2 is 1.84 bits per heavy atom. The molecule has 0 saturated carbocycles. The topological polar surface area (TPSA) is 6.48 Å². The lowest BCUT2D eigenvalue weighted by Crippen LogP contribution is -2.47. The Morgan fingerprint density at radius 1 is 1.00 bits per heavy atom. The van der Waals surface area contributed by atoms with E-state index in [0.717, 1.165) is 6.54 Å². The van der Waals surface area contributed by atoms with E-state index in [4.69, 9.17) is 0 Å². The Bertz CT molecular complexity index is 748. The number of nitrogens with zero attached hydrogens (tertiary/aromatic N) is 2. The predicted octanol–water partition coefficient (Wildman–Crippen LogP) is 4.96. The van der Waals surface area contributed by atoms with Gasteiger partial charge >= 0.3 is 0 Å². The van der Waals surface area contributed by atoms with Gasteiger partial charge < -0.3 is 4.90 Å². The smallest absolute Gasteiger partial charge is 0.0367 e. The molecule has 2 atom stereocenters. The van der Waals surface area contributed by atoms with Gasteiger partial charge in [-0.25, -0.2) is 0 Å². The van der Waals surface area contributed by atoms with Gasteiger partial charge in [0.15, 0.2) is 0 Å². The number of fused-ring (bicyclic) bond motifs is 2. The van der Waals surface area contributed by atoms with Crippen LogP contribution in [0.5, 0.6) is 0 Å². The molecule has 130 valence electrons. The molecule has 1 fully saturated rings. The van der Waals surface area contributed by atoms with Crippen molar-refractivity contribution in [2.24, 2.45) is 0 Å². The molecule has 2 aliphatic heterocycles. The van der Waals surface area contributed by atoms with E-state index in [9.17, 15) is 0 Å². The van der Waals surface area contributed by atoms with Crippen LogP contribution in [0.15, 0.2) is 60.7 Å². The molecule has 0 N–H and O–H groups in total. The summed E-state index contributed by atoms with van der Waals surface area (Å²) >= 11 is 0. The fourth-order valence-electron chi connectivity index (χ4n) is 4.36. The molecule has 2 bridgehead atoms. The van der Waals surface area contributed by atoms with Crippen LogP contribution in [0.3, 0.4) is 0 Å². The standard InChI is InChI=1S/C23H28N2/c1-24(2)21-11-6-10-19(14-21)20-15-22-12-7-13-23(16-20)25(22)17-18-8-4-3-5-9-18/h3-6,8-11,14-15,22-23H,7,12-13,16-17H2,1-2H3. The van der Waals surface area contributed by atoms with Gasteiger partial charge in [-0.05, 0) is 48.1 Å². The third-order valence-electron chi connectivity index (χ3n) is 5.72. The van der Waals surface area contributed by atoms with Crippen LogP contribution in [0.4, 0.5) is 5.69 Å². The monoisotopic (exact) mass is 332 g/mol. The van der Waals surface area contributed by atoms with Crippen molar-refractivity contribution in [3.8, 4) is 0 Å². The number of hydrogen-bond donors (Lipinski definition) is 0. The lowest BCUT2D eigenvalue weighted by molar-refractivity contribution is 0.0951. The summed E-state index contributed by atoms with van der Waals surface area (Å²) in [4.78, 5) is 4.92. The van der Waals surface area contributed by atoms with Crippen molar-refractivity contribution in [3.63, 3.8) is 0 Å². The average Bonchev–Trinajstić information content (AvgIpc) is 2.62. The van der Waals surface area contributed by atoms with Crippen molar-refractivity contribution in [1.29, 1.82) is 0 Å². The molecule has 2 heterocycles. The highest BCUT2D eigenvalue weighted by atomic mass is 15.2. The summed E-state index contributed by atoms with van der Waals surface area (Å²) < 4.78 is 0. The van der Waals surface area contributed by atoms with Gasteiger partial charge in [0.25, 0.3) is 0 Å². The van der Waals surface area contributed by atoms with E-state index in [2.05, 4.69) is 84.6 Å². The maximum Gasteiger partial charge on any atom is 0.0367 e. The summed E-state index contributed by atoms with van der Waals surface area (Å²) in [6, 6.07) is 21.2. The van der Waals surface area contributed by atoms with Crippen molar-refractivity contribution in [2.75, 3.05) is 19.0 Å². The Balaban J connectivity index is 1.60. The Morgan fingerprint density at radius 3 is 2.60 bits per heavy atom. The quantitative estimate of drug-likeness (QED) is 0.780. The number of hydrogen-bond acceptors (Lipinski definition) is 2. The highest BCUT2D eigenvalue weighted by Gasteiger charge is 2.34. The second-order valence-electron chi connectivity index (χ2n) is 7.65. The van der Waals surface area contributed by atoms with Crippen LogP contribution in [0.2, 0.25) is 0 Å². The molecule has 2 aliphatic rings. The minimum atomic E-state index is 0.589. The van der Waals surface area contributed by atoms with E-state index in [1.165, 1.54) is 42.5 Å². The minimum Gasteiger partial charge on any atom is -0.378 e. The fourth-order valence-corrected chi connectivity index (χ4v) is 4.36. The van der Waals surface area contributed by atoms with E-state index in [1.54, 1.807) is 5.57 Å². The third-order valence-corrected chi connectivity index (χ3v) is 5.72. The first-order valence-electron chi connectivity index (χ1n) is 9.49. The third kappa shape index (κ3) is 3.50. The van der Waals surface area contributed by atoms with E-state index in [0.29, 0.717) is 12.1 Å². The Labute approximate surface area is 151 Å². The van der Waals surface area contributed by atoms with Crippen molar-refractivity contribution in [3.05, 3.63) is 71.8 Å². The van der Waals surface area contributed by atoms with Gasteiger partial charge in [0.05, 0.1) is 0 Å². The molecule has 1 saturated heterocycles. The van der Waals surface area contributed by atoms with Crippen LogP contribution in [0.25, 0.3) is 5.57 Å². The van der Waals surface area contributed by atoms with Crippen molar-refractivity contribution in [2.45, 2.75) is 44.3 Å². The van der Waals surface area contributed by atoms with E-state index < -0.39 is 0 Å². The van der Waals surface area contributed by atoms with Crippen molar-refractivity contribution in [1.82, 2.24) is 4.90 Å². The first-order valence-corrected chi connectivity index (χ1v) is 9.49. The Kier molecular flexibility index (Phi) is 4.63. The molecule has 25 heavy (non-hydrogen) atoms. The largest absolute Gasteiger partial charge is 0.378 e. The summed E-state index contributed by atoms with van der Waals surface area (Å²) in [6.07, 6.45) is 7.71.